The molecule has 1 atom stereocenters. The number of benzene rings is 1. The van der Waals surface area contributed by atoms with Crippen molar-refractivity contribution in [3.63, 3.8) is 0 Å². The summed E-state index contributed by atoms with van der Waals surface area (Å²) in [5, 5.41) is 0. The van der Waals surface area contributed by atoms with Gasteiger partial charge in [-0.25, -0.2) is 4.39 Å². The zero-order valence-electron chi connectivity index (χ0n) is 10.2. The fraction of sp³-hybridized carbons (Fsp3) is 0.538. The predicted octanol–water partition coefficient (Wildman–Crippen LogP) is 3.27. The van der Waals surface area contributed by atoms with E-state index in [1.807, 2.05) is 0 Å². The van der Waals surface area contributed by atoms with Crippen LogP contribution in [0.1, 0.15) is 30.0 Å². The first-order valence-electron chi connectivity index (χ1n) is 6.09. The summed E-state index contributed by atoms with van der Waals surface area (Å²) in [5.41, 5.74) is 4.89. The second kappa shape index (κ2) is 5.46. The van der Waals surface area contributed by atoms with Crippen molar-refractivity contribution in [2.45, 2.75) is 25.1 Å². The van der Waals surface area contributed by atoms with E-state index in [2.05, 4.69) is 0 Å². The molecule has 0 unspecified atom stereocenters. The molecule has 2 rings (SSSR count). The molecule has 0 saturated carbocycles. The van der Waals surface area contributed by atoms with Gasteiger partial charge in [-0.3, -0.25) is 0 Å². The zero-order valence-corrected chi connectivity index (χ0v) is 10.2. The number of nitrogens with two attached hydrogens (primary N) is 1. The summed E-state index contributed by atoms with van der Waals surface area (Å²) in [6.07, 6.45) is -3.34. The van der Waals surface area contributed by atoms with Crippen LogP contribution in [0.2, 0.25) is 0 Å². The Morgan fingerprint density at radius 1 is 1.21 bits per heavy atom. The lowest BCUT2D eigenvalue weighted by atomic mass is 9.85. The summed E-state index contributed by atoms with van der Waals surface area (Å²) in [5.74, 6) is -0.817. The molecule has 1 aromatic carbocycles. The molecule has 1 aliphatic heterocycles. The third-order valence-corrected chi connectivity index (χ3v) is 3.45. The van der Waals surface area contributed by atoms with Crippen LogP contribution in [-0.2, 0) is 10.9 Å². The number of ether oxygens (including phenoxy) is 1. The van der Waals surface area contributed by atoms with E-state index >= 15 is 0 Å². The molecule has 1 aliphatic rings. The second-order valence-corrected chi connectivity index (χ2v) is 4.70. The van der Waals surface area contributed by atoms with Gasteiger partial charge in [0.05, 0.1) is 5.56 Å². The number of hydrogen-bond acceptors (Lipinski definition) is 2. The molecule has 0 aromatic heterocycles. The number of rotatable bonds is 2. The molecular weight excluding hydrogens is 262 g/mol. The lowest BCUT2D eigenvalue weighted by Gasteiger charge is -2.29. The molecule has 2 N–H and O–H groups in total. The van der Waals surface area contributed by atoms with Crippen LogP contribution >= 0.6 is 0 Å². The molecule has 2 nitrogen and oxygen atoms in total. The van der Waals surface area contributed by atoms with Gasteiger partial charge in [0.25, 0.3) is 0 Å². The summed E-state index contributed by atoms with van der Waals surface area (Å²) in [6, 6.07) is 1.63. The maximum Gasteiger partial charge on any atom is 0.416 e. The Hall–Kier alpha value is -1.14. The average Bonchev–Trinajstić information content (AvgIpc) is 2.37. The third kappa shape index (κ3) is 3.25. The highest BCUT2D eigenvalue weighted by atomic mass is 19.4. The van der Waals surface area contributed by atoms with Crippen molar-refractivity contribution in [1.29, 1.82) is 0 Å². The summed E-state index contributed by atoms with van der Waals surface area (Å²) < 4.78 is 57.1. The molecule has 0 radical (unpaired) electrons. The van der Waals surface area contributed by atoms with Crippen LogP contribution in [-0.4, -0.2) is 13.2 Å². The van der Waals surface area contributed by atoms with Crippen molar-refractivity contribution in [1.82, 2.24) is 0 Å². The van der Waals surface area contributed by atoms with E-state index in [1.165, 1.54) is 0 Å². The Balaban J connectivity index is 2.33. The molecule has 0 spiro atoms. The Bertz CT molecular complexity index is 441. The van der Waals surface area contributed by atoms with Crippen molar-refractivity contribution in [3.8, 4) is 0 Å². The Kier molecular flexibility index (Phi) is 4.10. The van der Waals surface area contributed by atoms with Gasteiger partial charge in [-0.1, -0.05) is 0 Å². The van der Waals surface area contributed by atoms with Crippen molar-refractivity contribution in [3.05, 3.63) is 35.1 Å². The van der Waals surface area contributed by atoms with Crippen LogP contribution < -0.4 is 5.73 Å². The second-order valence-electron chi connectivity index (χ2n) is 4.70. The molecule has 1 saturated heterocycles. The van der Waals surface area contributed by atoms with Gasteiger partial charge in [-0.15, -0.1) is 0 Å². The minimum Gasteiger partial charge on any atom is -0.381 e. The van der Waals surface area contributed by atoms with Crippen LogP contribution in [0.25, 0.3) is 0 Å². The van der Waals surface area contributed by atoms with Gasteiger partial charge in [-0.2, -0.15) is 13.2 Å². The minimum atomic E-state index is -4.52. The normalized spacial score (nSPS) is 19.4. The maximum atomic E-state index is 13.2. The first kappa shape index (κ1) is 14.3. The quantitative estimate of drug-likeness (QED) is 0.842. The van der Waals surface area contributed by atoms with Crippen LogP contribution in [0.5, 0.6) is 0 Å². The van der Waals surface area contributed by atoms with Crippen LogP contribution in [0.3, 0.4) is 0 Å². The highest BCUT2D eigenvalue weighted by Crippen LogP contribution is 2.38. The SMILES string of the molecule is N[C@@H](c1cc(F)ccc1C(F)(F)F)C1CCOCC1. The summed E-state index contributed by atoms with van der Waals surface area (Å²) in [4.78, 5) is 0. The molecule has 1 fully saturated rings. The smallest absolute Gasteiger partial charge is 0.381 e. The standard InChI is InChI=1S/C13H15F4NO/c14-9-1-2-11(13(15,16)17)10(7-9)12(18)8-3-5-19-6-4-8/h1-2,7-8,12H,3-6,18H2/t12-/m1/s1. The van der Waals surface area contributed by atoms with Crippen LogP contribution in [0.4, 0.5) is 17.6 Å². The largest absolute Gasteiger partial charge is 0.416 e. The fourth-order valence-electron chi connectivity index (χ4n) is 2.40. The van der Waals surface area contributed by atoms with Gasteiger partial charge in [0.15, 0.2) is 0 Å². The summed E-state index contributed by atoms with van der Waals surface area (Å²) in [6.45, 7) is 0.962. The summed E-state index contributed by atoms with van der Waals surface area (Å²) >= 11 is 0. The maximum absolute atomic E-state index is 13.2. The highest BCUT2D eigenvalue weighted by Gasteiger charge is 2.36. The van der Waals surface area contributed by atoms with E-state index in [4.69, 9.17) is 10.5 Å². The van der Waals surface area contributed by atoms with Crippen molar-refractivity contribution in [2.24, 2.45) is 11.7 Å². The topological polar surface area (TPSA) is 35.2 Å². The lowest BCUT2D eigenvalue weighted by molar-refractivity contribution is -0.138. The van der Waals surface area contributed by atoms with Gasteiger partial charge < -0.3 is 10.5 Å². The Morgan fingerprint density at radius 3 is 2.42 bits per heavy atom. The Labute approximate surface area is 108 Å². The van der Waals surface area contributed by atoms with Crippen LogP contribution in [0.15, 0.2) is 18.2 Å². The minimum absolute atomic E-state index is 0.114. The zero-order chi connectivity index (χ0) is 14.0. The van der Waals surface area contributed by atoms with Crippen molar-refractivity contribution in [2.75, 3.05) is 13.2 Å². The third-order valence-electron chi connectivity index (χ3n) is 3.45. The molecule has 6 heteroatoms. The first-order chi connectivity index (χ1) is 8.89. The molecule has 1 heterocycles. The van der Waals surface area contributed by atoms with E-state index < -0.39 is 23.6 Å². The molecule has 1 aromatic rings. The molecule has 106 valence electrons. The molecule has 0 bridgehead atoms. The lowest BCUT2D eigenvalue weighted by Crippen LogP contribution is -2.29. The predicted molar refractivity (Wildman–Crippen MR) is 61.9 cm³/mol. The number of alkyl halides is 3. The number of halogens is 4. The molecule has 0 aliphatic carbocycles. The van der Waals surface area contributed by atoms with Gasteiger partial charge in [0, 0.05) is 19.3 Å². The van der Waals surface area contributed by atoms with E-state index in [0.717, 1.165) is 18.2 Å². The molecular formula is C13H15F4NO. The van der Waals surface area contributed by atoms with Gasteiger partial charge >= 0.3 is 6.18 Å². The van der Waals surface area contributed by atoms with E-state index in [1.54, 1.807) is 0 Å². The fourth-order valence-corrected chi connectivity index (χ4v) is 2.40. The van der Waals surface area contributed by atoms with Crippen molar-refractivity contribution >= 4 is 0 Å². The van der Waals surface area contributed by atoms with E-state index in [0.29, 0.717) is 26.1 Å². The molecule has 0 amide bonds. The van der Waals surface area contributed by atoms with Crippen LogP contribution in [0, 0.1) is 11.7 Å². The van der Waals surface area contributed by atoms with E-state index in [-0.39, 0.29) is 11.5 Å². The van der Waals surface area contributed by atoms with Crippen molar-refractivity contribution < 1.29 is 22.3 Å². The first-order valence-corrected chi connectivity index (χ1v) is 6.09. The van der Waals surface area contributed by atoms with Gasteiger partial charge in [-0.05, 0) is 42.5 Å². The highest BCUT2D eigenvalue weighted by molar-refractivity contribution is 5.33. The van der Waals surface area contributed by atoms with E-state index in [9.17, 15) is 17.6 Å². The Morgan fingerprint density at radius 2 is 1.84 bits per heavy atom. The molecule has 19 heavy (non-hydrogen) atoms. The van der Waals surface area contributed by atoms with Gasteiger partial charge in [0.2, 0.25) is 0 Å². The summed E-state index contributed by atoms with van der Waals surface area (Å²) in [7, 11) is 0. The van der Waals surface area contributed by atoms with Gasteiger partial charge in [0.1, 0.15) is 5.82 Å². The monoisotopic (exact) mass is 277 g/mol. The average molecular weight is 277 g/mol. The number of hydrogen-bond donors (Lipinski definition) is 1.